The Labute approximate surface area is 104 Å². The molecule has 1 atom stereocenters. The topological polar surface area (TPSA) is 26.0 Å². The second kappa shape index (κ2) is 6.70. The summed E-state index contributed by atoms with van der Waals surface area (Å²) in [4.78, 5) is 0. The summed E-state index contributed by atoms with van der Waals surface area (Å²) in [7, 11) is 0. The van der Waals surface area contributed by atoms with Crippen molar-refractivity contribution in [1.29, 1.82) is 0 Å². The average Bonchev–Trinajstić information content (AvgIpc) is 2.38. The Morgan fingerprint density at radius 1 is 1.19 bits per heavy atom. The molecule has 0 saturated heterocycles. The lowest BCUT2D eigenvalue weighted by Crippen LogP contribution is -2.27. The van der Waals surface area contributed by atoms with Gasteiger partial charge in [-0.1, -0.05) is 30.9 Å². The molecule has 1 nitrogen and oxygen atoms in total. The van der Waals surface area contributed by atoms with Crippen LogP contribution in [-0.4, -0.2) is 17.0 Å². The van der Waals surface area contributed by atoms with Gasteiger partial charge >= 0.3 is 0 Å². The Morgan fingerprint density at radius 3 is 2.69 bits per heavy atom. The van der Waals surface area contributed by atoms with Gasteiger partial charge in [0.05, 0.1) is 0 Å². The number of hydrogen-bond acceptors (Lipinski definition) is 2. The van der Waals surface area contributed by atoms with Crippen LogP contribution in [-0.2, 0) is 0 Å². The van der Waals surface area contributed by atoms with Crippen LogP contribution in [0.15, 0.2) is 11.6 Å². The molecular weight excluding hydrogens is 214 g/mol. The maximum atomic E-state index is 6.28. The predicted molar refractivity (Wildman–Crippen MR) is 73.9 cm³/mol. The van der Waals surface area contributed by atoms with Gasteiger partial charge in [-0.3, -0.25) is 0 Å². The van der Waals surface area contributed by atoms with Crippen LogP contribution in [0.25, 0.3) is 0 Å². The zero-order valence-electron chi connectivity index (χ0n) is 10.3. The summed E-state index contributed by atoms with van der Waals surface area (Å²) in [5.41, 5.74) is 7.81. The molecule has 0 aromatic heterocycles. The van der Waals surface area contributed by atoms with Gasteiger partial charge in [0.1, 0.15) is 0 Å². The minimum absolute atomic E-state index is 0.340. The third-order valence-electron chi connectivity index (χ3n) is 3.87. The SMILES string of the molecule is NC(CSC1CCCCC1)C1=CCCCC1. The smallest absolute Gasteiger partial charge is 0.0345 e. The molecular formula is C14H25NS. The molecule has 1 unspecified atom stereocenters. The molecule has 92 valence electrons. The molecule has 2 aliphatic carbocycles. The van der Waals surface area contributed by atoms with E-state index in [4.69, 9.17) is 5.73 Å². The van der Waals surface area contributed by atoms with Crippen LogP contribution in [0, 0.1) is 0 Å². The molecule has 0 aliphatic heterocycles. The molecule has 2 heteroatoms. The van der Waals surface area contributed by atoms with Gasteiger partial charge in [0, 0.05) is 17.0 Å². The number of nitrogens with two attached hydrogens (primary N) is 1. The Bertz CT molecular complexity index is 231. The van der Waals surface area contributed by atoms with Crippen LogP contribution in [0.5, 0.6) is 0 Å². The molecule has 0 heterocycles. The lowest BCUT2D eigenvalue weighted by Gasteiger charge is -2.24. The number of hydrogen-bond donors (Lipinski definition) is 1. The van der Waals surface area contributed by atoms with E-state index in [1.807, 2.05) is 0 Å². The van der Waals surface area contributed by atoms with Gasteiger partial charge in [-0.15, -0.1) is 0 Å². The van der Waals surface area contributed by atoms with Crippen molar-refractivity contribution >= 4 is 11.8 Å². The largest absolute Gasteiger partial charge is 0.324 e. The lowest BCUT2D eigenvalue weighted by molar-refractivity contribution is 0.515. The van der Waals surface area contributed by atoms with E-state index >= 15 is 0 Å². The van der Waals surface area contributed by atoms with Crippen molar-refractivity contribution in [3.05, 3.63) is 11.6 Å². The monoisotopic (exact) mass is 239 g/mol. The quantitative estimate of drug-likeness (QED) is 0.753. The fourth-order valence-corrected chi connectivity index (χ4v) is 4.14. The van der Waals surface area contributed by atoms with Crippen LogP contribution in [0.1, 0.15) is 57.8 Å². The van der Waals surface area contributed by atoms with Crippen molar-refractivity contribution in [2.75, 3.05) is 5.75 Å². The minimum atomic E-state index is 0.340. The molecule has 1 saturated carbocycles. The average molecular weight is 239 g/mol. The number of allylic oxidation sites excluding steroid dienone is 1. The maximum Gasteiger partial charge on any atom is 0.0345 e. The Morgan fingerprint density at radius 2 is 2.00 bits per heavy atom. The predicted octanol–water partition coefficient (Wildman–Crippen LogP) is 3.88. The summed E-state index contributed by atoms with van der Waals surface area (Å²) < 4.78 is 0. The van der Waals surface area contributed by atoms with Gasteiger partial charge in [-0.25, -0.2) is 0 Å². The van der Waals surface area contributed by atoms with Crippen LogP contribution in [0.2, 0.25) is 0 Å². The Hall–Kier alpha value is 0.0500. The molecule has 0 bridgehead atoms. The Balaban J connectivity index is 1.69. The highest BCUT2D eigenvalue weighted by atomic mass is 32.2. The molecule has 2 aliphatic rings. The second-order valence-corrected chi connectivity index (χ2v) is 6.56. The third-order valence-corrected chi connectivity index (χ3v) is 5.36. The van der Waals surface area contributed by atoms with Gasteiger partial charge in [-0.05, 0) is 38.5 Å². The molecule has 0 aromatic rings. The fourth-order valence-electron chi connectivity index (χ4n) is 2.78. The van der Waals surface area contributed by atoms with Crippen LogP contribution < -0.4 is 5.73 Å². The van der Waals surface area contributed by atoms with Crippen molar-refractivity contribution in [1.82, 2.24) is 0 Å². The fraction of sp³-hybridized carbons (Fsp3) is 0.857. The molecule has 0 amide bonds. The first-order valence-corrected chi connectivity index (χ1v) is 7.97. The van der Waals surface area contributed by atoms with E-state index < -0.39 is 0 Å². The molecule has 1 fully saturated rings. The van der Waals surface area contributed by atoms with Crippen molar-refractivity contribution in [3.63, 3.8) is 0 Å². The molecule has 0 aromatic carbocycles. The van der Waals surface area contributed by atoms with E-state index in [1.54, 1.807) is 0 Å². The summed E-state index contributed by atoms with van der Waals surface area (Å²) >= 11 is 2.13. The first kappa shape index (κ1) is 12.5. The van der Waals surface area contributed by atoms with Crippen LogP contribution in [0.4, 0.5) is 0 Å². The van der Waals surface area contributed by atoms with Gasteiger partial charge in [0.25, 0.3) is 0 Å². The highest BCUT2D eigenvalue weighted by Gasteiger charge is 2.17. The van der Waals surface area contributed by atoms with E-state index in [1.165, 1.54) is 63.4 Å². The van der Waals surface area contributed by atoms with E-state index in [-0.39, 0.29) is 0 Å². The van der Waals surface area contributed by atoms with Crippen molar-refractivity contribution in [2.24, 2.45) is 5.73 Å². The number of thioether (sulfide) groups is 1. The minimum Gasteiger partial charge on any atom is -0.324 e. The first-order chi connectivity index (χ1) is 7.86. The lowest BCUT2D eigenvalue weighted by atomic mass is 9.95. The molecule has 2 N–H and O–H groups in total. The van der Waals surface area contributed by atoms with Crippen molar-refractivity contribution < 1.29 is 0 Å². The summed E-state index contributed by atoms with van der Waals surface area (Å²) in [5, 5.41) is 0.906. The van der Waals surface area contributed by atoms with E-state index in [0.29, 0.717) is 6.04 Å². The summed E-state index contributed by atoms with van der Waals surface area (Å²) in [6.07, 6.45) is 14.8. The highest BCUT2D eigenvalue weighted by Crippen LogP contribution is 2.30. The Kier molecular flexibility index (Phi) is 5.24. The zero-order valence-corrected chi connectivity index (χ0v) is 11.1. The number of rotatable bonds is 4. The third kappa shape index (κ3) is 3.81. The van der Waals surface area contributed by atoms with Gasteiger partial charge in [0.2, 0.25) is 0 Å². The standard InChI is InChI=1S/C14H25NS/c15-14(12-7-3-1-4-8-12)11-16-13-9-5-2-6-10-13/h7,13-14H,1-6,8-11,15H2. The van der Waals surface area contributed by atoms with Crippen LogP contribution >= 0.6 is 11.8 Å². The van der Waals surface area contributed by atoms with Gasteiger partial charge < -0.3 is 5.73 Å². The normalized spacial score (nSPS) is 25.2. The maximum absolute atomic E-state index is 6.28. The summed E-state index contributed by atoms with van der Waals surface area (Å²) in [5.74, 6) is 1.15. The molecule has 2 rings (SSSR count). The van der Waals surface area contributed by atoms with Gasteiger partial charge in [0.15, 0.2) is 0 Å². The summed E-state index contributed by atoms with van der Waals surface area (Å²) in [6.45, 7) is 0. The molecule has 16 heavy (non-hydrogen) atoms. The highest BCUT2D eigenvalue weighted by molar-refractivity contribution is 7.99. The molecule has 0 radical (unpaired) electrons. The van der Waals surface area contributed by atoms with E-state index in [9.17, 15) is 0 Å². The first-order valence-electron chi connectivity index (χ1n) is 6.92. The summed E-state index contributed by atoms with van der Waals surface area (Å²) in [6, 6.07) is 0.340. The second-order valence-electron chi connectivity index (χ2n) is 5.22. The zero-order chi connectivity index (χ0) is 11.2. The molecule has 0 spiro atoms. The van der Waals surface area contributed by atoms with E-state index in [0.717, 1.165) is 11.0 Å². The van der Waals surface area contributed by atoms with E-state index in [2.05, 4.69) is 17.8 Å². The van der Waals surface area contributed by atoms with Crippen LogP contribution in [0.3, 0.4) is 0 Å². The van der Waals surface area contributed by atoms with Crippen molar-refractivity contribution in [3.8, 4) is 0 Å². The van der Waals surface area contributed by atoms with Crippen molar-refractivity contribution in [2.45, 2.75) is 69.1 Å². The van der Waals surface area contributed by atoms with Gasteiger partial charge in [-0.2, -0.15) is 11.8 Å².